The standard InChI is InChI=1S/C26H32N2O5S/c1-26(2)22-15-8-9-16-23(22)28(34(31,32)33,20-12-4-7-18-25(29)30)24(26)17-10-11-19-27-21-13-5-3-6-14-21/h3,5-6,8-10,13-17,19,24H,4,7,11-12,18,20H2,1-2H3,(H-,29,30,31,32,33)/p+1. The van der Waals surface area contributed by atoms with Crippen molar-refractivity contribution in [1.82, 2.24) is 3.89 Å². The van der Waals surface area contributed by atoms with Crippen LogP contribution in [0.3, 0.4) is 0 Å². The largest absolute Gasteiger partial charge is 0.481 e. The van der Waals surface area contributed by atoms with Gasteiger partial charge < -0.3 is 5.11 Å². The molecule has 2 aromatic carbocycles. The number of quaternary nitrogens is 1. The van der Waals surface area contributed by atoms with Crippen LogP contribution < -0.4 is 3.89 Å². The van der Waals surface area contributed by atoms with Gasteiger partial charge >= 0.3 is 16.3 Å². The smallest absolute Gasteiger partial charge is 0.438 e. The summed E-state index contributed by atoms with van der Waals surface area (Å²) < 4.78 is 36.1. The molecule has 0 aliphatic carbocycles. The molecule has 7 nitrogen and oxygen atoms in total. The molecule has 182 valence electrons. The molecule has 2 atom stereocenters. The number of nitrogens with zero attached hydrogens (tertiary/aromatic N) is 2. The number of benzene rings is 2. The summed E-state index contributed by atoms with van der Waals surface area (Å²) in [4.78, 5) is 15.3. The molecule has 2 aromatic rings. The van der Waals surface area contributed by atoms with Crippen molar-refractivity contribution in [1.29, 1.82) is 0 Å². The van der Waals surface area contributed by atoms with Crippen molar-refractivity contribution in [2.24, 2.45) is 4.99 Å². The van der Waals surface area contributed by atoms with Crippen molar-refractivity contribution >= 4 is 33.9 Å². The van der Waals surface area contributed by atoms with Gasteiger partial charge in [0, 0.05) is 30.7 Å². The summed E-state index contributed by atoms with van der Waals surface area (Å²) in [5, 5.41) is 8.90. The van der Waals surface area contributed by atoms with Crippen molar-refractivity contribution in [3.63, 3.8) is 0 Å². The summed E-state index contributed by atoms with van der Waals surface area (Å²) in [6.07, 6.45) is 7.59. The molecule has 1 aliphatic heterocycles. The zero-order valence-corrected chi connectivity index (χ0v) is 20.5. The number of aliphatic carboxylic acids is 1. The average Bonchev–Trinajstić information content (AvgIpc) is 2.98. The number of rotatable bonds is 11. The fourth-order valence-corrected chi connectivity index (χ4v) is 6.33. The van der Waals surface area contributed by atoms with Crippen LogP contribution in [0.4, 0.5) is 11.4 Å². The third-order valence-electron chi connectivity index (χ3n) is 6.54. The molecule has 0 spiro atoms. The third kappa shape index (κ3) is 5.29. The highest BCUT2D eigenvalue weighted by Gasteiger charge is 2.62. The second-order valence-electron chi connectivity index (χ2n) is 9.17. The number of hydrogen-bond donors (Lipinski definition) is 2. The van der Waals surface area contributed by atoms with Crippen LogP contribution in [0, 0.1) is 0 Å². The van der Waals surface area contributed by atoms with Crippen molar-refractivity contribution < 1.29 is 22.9 Å². The van der Waals surface area contributed by atoms with Crippen LogP contribution in [0.5, 0.6) is 0 Å². The molecule has 0 radical (unpaired) electrons. The van der Waals surface area contributed by atoms with E-state index in [0.717, 1.165) is 11.3 Å². The van der Waals surface area contributed by atoms with Gasteiger partial charge in [-0.2, -0.15) is 3.89 Å². The third-order valence-corrected chi connectivity index (χ3v) is 7.97. The van der Waals surface area contributed by atoms with Crippen molar-refractivity contribution in [3.8, 4) is 0 Å². The highest BCUT2D eigenvalue weighted by Crippen LogP contribution is 2.52. The lowest BCUT2D eigenvalue weighted by Gasteiger charge is -2.38. The van der Waals surface area contributed by atoms with Crippen LogP contribution in [0.1, 0.15) is 51.5 Å². The summed E-state index contributed by atoms with van der Waals surface area (Å²) in [7, 11) is -4.55. The molecule has 8 heteroatoms. The summed E-state index contributed by atoms with van der Waals surface area (Å²) in [6.45, 7) is 4.15. The fraction of sp³-hybridized carbons (Fsp3) is 0.385. The first-order valence-electron chi connectivity index (χ1n) is 11.5. The molecule has 0 amide bonds. The topological polar surface area (TPSA) is 104 Å². The SMILES string of the molecule is CC1(C)c2ccccc2[N+](CCCCCC(=O)O)(S(=O)(=O)O)C1C=CCC=Nc1ccccc1. The Labute approximate surface area is 201 Å². The van der Waals surface area contributed by atoms with Crippen LogP contribution >= 0.6 is 0 Å². The van der Waals surface area contributed by atoms with Gasteiger partial charge in [0.1, 0.15) is 12.6 Å². The maximum Gasteiger partial charge on any atom is 0.438 e. The van der Waals surface area contributed by atoms with Gasteiger partial charge in [0.25, 0.3) is 0 Å². The Balaban J connectivity index is 1.92. The number of aliphatic imine (C=N–C) groups is 1. The number of hydrogen-bond acceptors (Lipinski definition) is 4. The molecule has 2 N–H and O–H groups in total. The Morgan fingerprint density at radius 2 is 1.74 bits per heavy atom. The highest BCUT2D eigenvalue weighted by atomic mass is 32.2. The second-order valence-corrected chi connectivity index (χ2v) is 10.7. The van der Waals surface area contributed by atoms with Crippen LogP contribution in [0.15, 0.2) is 71.7 Å². The summed E-state index contributed by atoms with van der Waals surface area (Å²) in [5.41, 5.74) is 1.74. The van der Waals surface area contributed by atoms with E-state index in [9.17, 15) is 17.8 Å². The zero-order valence-electron chi connectivity index (χ0n) is 19.7. The number of unbranched alkanes of at least 4 members (excludes halogenated alkanes) is 2. The van der Waals surface area contributed by atoms with Crippen molar-refractivity contribution in [2.45, 2.75) is 57.4 Å². The maximum absolute atomic E-state index is 13.0. The summed E-state index contributed by atoms with van der Waals surface area (Å²) >= 11 is 0. The summed E-state index contributed by atoms with van der Waals surface area (Å²) in [5.74, 6) is -0.871. The Morgan fingerprint density at radius 1 is 1.06 bits per heavy atom. The number of carbonyl (C=O) groups is 1. The Morgan fingerprint density at radius 3 is 2.41 bits per heavy atom. The second kappa shape index (κ2) is 10.6. The van der Waals surface area contributed by atoms with Crippen LogP contribution in [0.2, 0.25) is 0 Å². The molecular weight excluding hydrogens is 452 g/mol. The monoisotopic (exact) mass is 485 g/mol. The van der Waals surface area contributed by atoms with E-state index in [1.165, 1.54) is 0 Å². The average molecular weight is 486 g/mol. The zero-order chi connectivity index (χ0) is 24.8. The van der Waals surface area contributed by atoms with Gasteiger partial charge in [-0.3, -0.25) is 9.79 Å². The Hall–Kier alpha value is -2.81. The predicted octanol–water partition coefficient (Wildman–Crippen LogP) is 5.45. The molecule has 3 rings (SSSR count). The van der Waals surface area contributed by atoms with Gasteiger partial charge in [-0.05, 0) is 51.3 Å². The Kier molecular flexibility index (Phi) is 8.07. The first kappa shape index (κ1) is 25.8. The van der Waals surface area contributed by atoms with Crippen LogP contribution in [0.25, 0.3) is 0 Å². The molecule has 1 heterocycles. The van der Waals surface area contributed by atoms with E-state index in [1.54, 1.807) is 18.3 Å². The van der Waals surface area contributed by atoms with E-state index >= 15 is 0 Å². The van der Waals surface area contributed by atoms with Crippen LogP contribution in [-0.4, -0.2) is 42.8 Å². The first-order chi connectivity index (χ1) is 16.1. The predicted molar refractivity (Wildman–Crippen MR) is 136 cm³/mol. The number of para-hydroxylation sites is 2. The first-order valence-corrected chi connectivity index (χ1v) is 12.9. The minimum absolute atomic E-state index is 0.0397. The molecule has 2 unspecified atom stereocenters. The minimum atomic E-state index is -4.55. The van der Waals surface area contributed by atoms with Crippen molar-refractivity contribution in [2.75, 3.05) is 6.54 Å². The fourth-order valence-electron chi connectivity index (χ4n) is 4.94. The number of carboxylic acid groups (broad SMARTS) is 1. The number of carboxylic acids is 1. The minimum Gasteiger partial charge on any atom is -0.481 e. The highest BCUT2D eigenvalue weighted by molar-refractivity contribution is 7.85. The van der Waals surface area contributed by atoms with E-state index in [2.05, 4.69) is 4.99 Å². The van der Waals surface area contributed by atoms with E-state index in [1.807, 2.05) is 68.5 Å². The van der Waals surface area contributed by atoms with E-state index < -0.39 is 31.6 Å². The lowest BCUT2D eigenvalue weighted by molar-refractivity contribution is -0.137. The molecule has 34 heavy (non-hydrogen) atoms. The molecule has 0 saturated heterocycles. The van der Waals surface area contributed by atoms with Gasteiger partial charge in [0.15, 0.2) is 5.69 Å². The van der Waals surface area contributed by atoms with E-state index in [0.29, 0.717) is 31.4 Å². The van der Waals surface area contributed by atoms with E-state index in [-0.39, 0.29) is 13.0 Å². The van der Waals surface area contributed by atoms with Crippen LogP contribution in [-0.2, 0) is 20.5 Å². The lowest BCUT2D eigenvalue weighted by Crippen LogP contribution is -2.61. The molecule has 0 bridgehead atoms. The van der Waals surface area contributed by atoms with Crippen molar-refractivity contribution in [3.05, 3.63) is 72.3 Å². The number of fused-ring (bicyclic) bond motifs is 1. The van der Waals surface area contributed by atoms with E-state index in [4.69, 9.17) is 5.11 Å². The molecule has 0 saturated carbocycles. The van der Waals surface area contributed by atoms with Gasteiger partial charge in [-0.15, -0.1) is 8.42 Å². The molecule has 0 fully saturated rings. The quantitative estimate of drug-likeness (QED) is 0.145. The molecule has 0 aromatic heterocycles. The van der Waals surface area contributed by atoms with Gasteiger partial charge in [0.05, 0.1) is 11.1 Å². The molecular formula is C26H33N2O5S+. The Bertz CT molecular complexity index is 1160. The maximum atomic E-state index is 13.0. The van der Waals surface area contributed by atoms with Gasteiger partial charge in [-0.1, -0.05) is 42.5 Å². The normalized spacial score (nSPS) is 21.8. The molecule has 1 aliphatic rings. The summed E-state index contributed by atoms with van der Waals surface area (Å²) in [6, 6.07) is 16.4. The van der Waals surface area contributed by atoms with Gasteiger partial charge in [-0.25, -0.2) is 4.55 Å². The number of allylic oxidation sites excluding steroid dienone is 1. The van der Waals surface area contributed by atoms with Gasteiger partial charge in [0.2, 0.25) is 0 Å². The lowest BCUT2D eigenvalue weighted by atomic mass is 9.80.